The van der Waals surface area contributed by atoms with Gasteiger partial charge in [-0.05, 0) is 41.4 Å². The lowest BCUT2D eigenvalue weighted by Gasteiger charge is -2.30. The first kappa shape index (κ1) is 25.7. The van der Waals surface area contributed by atoms with Gasteiger partial charge in [0.15, 0.2) is 0 Å². The summed E-state index contributed by atoms with van der Waals surface area (Å²) in [5, 5.41) is 0. The second kappa shape index (κ2) is 11.9. The summed E-state index contributed by atoms with van der Waals surface area (Å²) in [7, 11) is 0. The summed E-state index contributed by atoms with van der Waals surface area (Å²) in [6.45, 7) is 14.4. The van der Waals surface area contributed by atoms with Crippen molar-refractivity contribution in [3.8, 4) is 0 Å². The third-order valence-corrected chi connectivity index (χ3v) is 5.24. The molecule has 0 radical (unpaired) electrons. The Kier molecular flexibility index (Phi) is 9.55. The van der Waals surface area contributed by atoms with Gasteiger partial charge in [0.2, 0.25) is 11.8 Å². The predicted molar refractivity (Wildman–Crippen MR) is 129 cm³/mol. The number of nitrogens with zero attached hydrogens (tertiary/aromatic N) is 2. The van der Waals surface area contributed by atoms with Gasteiger partial charge in [0.05, 0.1) is 19.4 Å². The van der Waals surface area contributed by atoms with Crippen molar-refractivity contribution < 1.29 is 14.0 Å². The van der Waals surface area contributed by atoms with E-state index in [4.69, 9.17) is 4.42 Å². The lowest BCUT2D eigenvalue weighted by molar-refractivity contribution is -0.142. The number of rotatable bonds is 11. The van der Waals surface area contributed by atoms with Crippen LogP contribution in [0.15, 0.2) is 53.1 Å². The van der Waals surface area contributed by atoms with Gasteiger partial charge < -0.3 is 14.2 Å². The first-order valence-electron chi connectivity index (χ1n) is 11.7. The third kappa shape index (κ3) is 9.29. The molecule has 176 valence electrons. The summed E-state index contributed by atoms with van der Waals surface area (Å²) in [5.74, 6) is 1.28. The Hall–Kier alpha value is -2.56. The number of carbonyl (C=O) groups is 2. The van der Waals surface area contributed by atoms with Crippen LogP contribution < -0.4 is 0 Å². The van der Waals surface area contributed by atoms with Crippen molar-refractivity contribution >= 4 is 11.8 Å². The van der Waals surface area contributed by atoms with Crippen LogP contribution in [0.5, 0.6) is 0 Å². The van der Waals surface area contributed by atoms with E-state index in [1.54, 1.807) is 16.1 Å². The van der Waals surface area contributed by atoms with E-state index in [1.165, 1.54) is 0 Å². The molecular weight excluding hydrogens is 400 g/mol. The smallest absolute Gasteiger partial charge is 0.242 e. The van der Waals surface area contributed by atoms with Crippen LogP contribution in [0.3, 0.4) is 0 Å². The molecule has 0 fully saturated rings. The molecule has 0 saturated carbocycles. The maximum atomic E-state index is 13.4. The van der Waals surface area contributed by atoms with Crippen LogP contribution in [0.1, 0.15) is 65.7 Å². The molecule has 0 aliphatic carbocycles. The zero-order valence-corrected chi connectivity index (χ0v) is 20.6. The van der Waals surface area contributed by atoms with E-state index in [2.05, 4.69) is 41.5 Å². The van der Waals surface area contributed by atoms with Crippen LogP contribution in [0, 0.1) is 17.3 Å². The molecule has 0 spiro atoms. The standard InChI is InChI=1S/C27H40N2O3/c1-21(2)17-28(25(30)15-22(3)16-27(4,5)6)20-26(31)29(19-24-13-10-14-32-24)18-23-11-8-7-9-12-23/h7-14,21-22H,15-20H2,1-6H3. The summed E-state index contributed by atoms with van der Waals surface area (Å²) >= 11 is 0. The summed E-state index contributed by atoms with van der Waals surface area (Å²) in [6, 6.07) is 13.6. The molecule has 0 bridgehead atoms. The first-order valence-corrected chi connectivity index (χ1v) is 11.7. The number of carbonyl (C=O) groups excluding carboxylic acids is 2. The van der Waals surface area contributed by atoms with Crippen molar-refractivity contribution in [2.45, 2.75) is 67.5 Å². The van der Waals surface area contributed by atoms with Gasteiger partial charge in [-0.2, -0.15) is 0 Å². The summed E-state index contributed by atoms with van der Waals surface area (Å²) in [5.41, 5.74) is 1.22. The van der Waals surface area contributed by atoms with Crippen molar-refractivity contribution in [3.05, 3.63) is 60.1 Å². The quantitative estimate of drug-likeness (QED) is 0.447. The minimum absolute atomic E-state index is 0.0569. The van der Waals surface area contributed by atoms with Gasteiger partial charge in [0, 0.05) is 19.5 Å². The van der Waals surface area contributed by atoms with Crippen LogP contribution in [0.4, 0.5) is 0 Å². The van der Waals surface area contributed by atoms with Gasteiger partial charge >= 0.3 is 0 Å². The van der Waals surface area contributed by atoms with Crippen LogP contribution in [-0.4, -0.2) is 34.7 Å². The lowest BCUT2D eigenvalue weighted by atomic mass is 9.84. The van der Waals surface area contributed by atoms with E-state index in [0.717, 1.165) is 17.7 Å². The van der Waals surface area contributed by atoms with Gasteiger partial charge in [-0.15, -0.1) is 0 Å². The number of hydrogen-bond donors (Lipinski definition) is 0. The molecule has 2 rings (SSSR count). The highest BCUT2D eigenvalue weighted by molar-refractivity contribution is 5.85. The zero-order chi connectivity index (χ0) is 23.7. The number of furan rings is 1. The topological polar surface area (TPSA) is 53.8 Å². The van der Waals surface area contributed by atoms with E-state index >= 15 is 0 Å². The summed E-state index contributed by atoms with van der Waals surface area (Å²) < 4.78 is 5.49. The molecule has 5 nitrogen and oxygen atoms in total. The van der Waals surface area contributed by atoms with Crippen LogP contribution in [0.2, 0.25) is 0 Å². The fourth-order valence-electron chi connectivity index (χ4n) is 4.13. The third-order valence-electron chi connectivity index (χ3n) is 5.24. The highest BCUT2D eigenvalue weighted by Gasteiger charge is 2.25. The van der Waals surface area contributed by atoms with Crippen molar-refractivity contribution in [3.63, 3.8) is 0 Å². The van der Waals surface area contributed by atoms with Crippen LogP contribution in [0.25, 0.3) is 0 Å². The highest BCUT2D eigenvalue weighted by atomic mass is 16.3. The first-order chi connectivity index (χ1) is 15.0. The van der Waals surface area contributed by atoms with E-state index in [0.29, 0.717) is 26.1 Å². The maximum Gasteiger partial charge on any atom is 0.242 e. The minimum Gasteiger partial charge on any atom is -0.467 e. The predicted octanol–water partition coefficient (Wildman–Crippen LogP) is 5.76. The van der Waals surface area contributed by atoms with Gasteiger partial charge in [-0.25, -0.2) is 0 Å². The Morgan fingerprint density at radius 3 is 2.16 bits per heavy atom. The van der Waals surface area contributed by atoms with Gasteiger partial charge in [-0.3, -0.25) is 9.59 Å². The second-order valence-electron chi connectivity index (χ2n) is 10.6. The molecular formula is C27H40N2O3. The molecule has 0 aliphatic rings. The van der Waals surface area contributed by atoms with Gasteiger partial charge in [0.1, 0.15) is 5.76 Å². The maximum absolute atomic E-state index is 13.4. The average Bonchev–Trinajstić information content (AvgIpc) is 3.19. The molecule has 1 atom stereocenters. The SMILES string of the molecule is CC(C)CN(CC(=O)N(Cc1ccccc1)Cc1ccco1)C(=O)CC(C)CC(C)(C)C. The monoisotopic (exact) mass is 440 g/mol. The number of benzene rings is 1. The normalized spacial score (nSPS) is 12.6. The number of amides is 2. The molecule has 2 amide bonds. The summed E-state index contributed by atoms with van der Waals surface area (Å²) in [4.78, 5) is 30.0. The molecule has 5 heteroatoms. The molecule has 0 aliphatic heterocycles. The van der Waals surface area contributed by atoms with E-state index in [9.17, 15) is 9.59 Å². The van der Waals surface area contributed by atoms with Crippen molar-refractivity contribution in [1.82, 2.24) is 9.80 Å². The van der Waals surface area contributed by atoms with E-state index < -0.39 is 0 Å². The lowest BCUT2D eigenvalue weighted by Crippen LogP contribution is -2.44. The van der Waals surface area contributed by atoms with Crippen molar-refractivity contribution in [2.75, 3.05) is 13.1 Å². The Morgan fingerprint density at radius 1 is 0.906 bits per heavy atom. The Balaban J connectivity index is 2.12. The summed E-state index contributed by atoms with van der Waals surface area (Å²) in [6.07, 6.45) is 3.06. The fraction of sp³-hybridized carbons (Fsp3) is 0.556. The van der Waals surface area contributed by atoms with Gasteiger partial charge in [-0.1, -0.05) is 71.9 Å². The molecule has 32 heavy (non-hydrogen) atoms. The van der Waals surface area contributed by atoms with E-state index in [-0.39, 0.29) is 35.6 Å². The largest absolute Gasteiger partial charge is 0.467 e. The molecule has 1 aromatic heterocycles. The second-order valence-corrected chi connectivity index (χ2v) is 10.6. The van der Waals surface area contributed by atoms with Crippen LogP contribution >= 0.6 is 0 Å². The fourth-order valence-corrected chi connectivity index (χ4v) is 4.13. The average molecular weight is 441 g/mol. The molecule has 0 N–H and O–H groups in total. The van der Waals surface area contributed by atoms with E-state index in [1.807, 2.05) is 42.5 Å². The Morgan fingerprint density at radius 2 is 1.59 bits per heavy atom. The number of hydrogen-bond acceptors (Lipinski definition) is 3. The van der Waals surface area contributed by atoms with Crippen molar-refractivity contribution in [1.29, 1.82) is 0 Å². The van der Waals surface area contributed by atoms with Gasteiger partial charge in [0.25, 0.3) is 0 Å². The molecule has 1 heterocycles. The highest BCUT2D eigenvalue weighted by Crippen LogP contribution is 2.26. The molecule has 2 aromatic rings. The minimum atomic E-state index is -0.0669. The molecule has 0 saturated heterocycles. The van der Waals surface area contributed by atoms with Crippen molar-refractivity contribution in [2.24, 2.45) is 17.3 Å². The van der Waals surface area contributed by atoms with Crippen LogP contribution in [-0.2, 0) is 22.7 Å². The molecule has 1 aromatic carbocycles. The Bertz CT molecular complexity index is 822. The Labute approximate surface area is 193 Å². The molecule has 1 unspecified atom stereocenters. The zero-order valence-electron chi connectivity index (χ0n) is 20.6.